The van der Waals surface area contributed by atoms with Crippen LogP contribution in [0.25, 0.3) is 10.9 Å². The number of carbonyl (C=O) groups is 2. The summed E-state index contributed by atoms with van der Waals surface area (Å²) in [7, 11) is 1.19. The number of fused-ring (bicyclic) bond motifs is 1. The molecule has 0 fully saturated rings. The standard InChI is InChI=1S/C14H15NO6/c1-21-12(17)6-11(16)13(18)8-3-2-7-4-10(14(19)20)15-9(7)5-8/h2-5,11,13,15-16,18H,6H2,1H3,(H,19,20). The van der Waals surface area contributed by atoms with Crippen molar-refractivity contribution in [1.29, 1.82) is 0 Å². The molecule has 1 heterocycles. The zero-order chi connectivity index (χ0) is 15.6. The summed E-state index contributed by atoms with van der Waals surface area (Å²) in [6.07, 6.45) is -2.91. The highest BCUT2D eigenvalue weighted by Crippen LogP contribution is 2.24. The van der Waals surface area contributed by atoms with E-state index in [1.807, 2.05) is 0 Å². The predicted octanol–water partition coefficient (Wildman–Crippen LogP) is 0.824. The van der Waals surface area contributed by atoms with Crippen LogP contribution in [0.4, 0.5) is 0 Å². The predicted molar refractivity (Wildman–Crippen MR) is 72.9 cm³/mol. The van der Waals surface area contributed by atoms with Crippen molar-refractivity contribution in [1.82, 2.24) is 4.98 Å². The third-order valence-corrected chi connectivity index (χ3v) is 3.19. The molecule has 0 saturated heterocycles. The largest absolute Gasteiger partial charge is 0.477 e. The van der Waals surface area contributed by atoms with Gasteiger partial charge in [0.2, 0.25) is 0 Å². The highest BCUT2D eigenvalue weighted by atomic mass is 16.5. The van der Waals surface area contributed by atoms with Crippen LogP contribution in [0.2, 0.25) is 0 Å². The molecule has 0 bridgehead atoms. The van der Waals surface area contributed by atoms with Crippen LogP contribution >= 0.6 is 0 Å². The molecular formula is C14H15NO6. The zero-order valence-corrected chi connectivity index (χ0v) is 11.2. The van der Waals surface area contributed by atoms with Crippen LogP contribution in [-0.2, 0) is 9.53 Å². The van der Waals surface area contributed by atoms with E-state index in [4.69, 9.17) is 5.11 Å². The van der Waals surface area contributed by atoms with Gasteiger partial charge in [-0.15, -0.1) is 0 Å². The van der Waals surface area contributed by atoms with Gasteiger partial charge in [0.15, 0.2) is 0 Å². The van der Waals surface area contributed by atoms with Gasteiger partial charge in [0, 0.05) is 10.9 Å². The number of aliphatic hydroxyl groups is 2. The van der Waals surface area contributed by atoms with Crippen LogP contribution in [-0.4, -0.2) is 45.5 Å². The molecule has 112 valence electrons. The molecular weight excluding hydrogens is 278 g/mol. The van der Waals surface area contributed by atoms with Crippen LogP contribution in [0.15, 0.2) is 24.3 Å². The number of benzene rings is 1. The summed E-state index contributed by atoms with van der Waals surface area (Å²) >= 11 is 0. The number of ether oxygens (including phenoxy) is 1. The molecule has 0 radical (unpaired) electrons. The van der Waals surface area contributed by atoms with Gasteiger partial charge in [-0.1, -0.05) is 12.1 Å². The zero-order valence-electron chi connectivity index (χ0n) is 11.2. The Hall–Kier alpha value is -2.38. The Balaban J connectivity index is 2.25. The van der Waals surface area contributed by atoms with E-state index in [1.165, 1.54) is 19.2 Å². The molecule has 0 aliphatic carbocycles. The smallest absolute Gasteiger partial charge is 0.352 e. The van der Waals surface area contributed by atoms with Crippen molar-refractivity contribution in [3.05, 3.63) is 35.5 Å². The van der Waals surface area contributed by atoms with Crippen LogP contribution in [0.1, 0.15) is 28.6 Å². The quantitative estimate of drug-likeness (QED) is 0.606. The van der Waals surface area contributed by atoms with Gasteiger partial charge >= 0.3 is 11.9 Å². The van der Waals surface area contributed by atoms with E-state index < -0.39 is 24.1 Å². The second-order valence-corrected chi connectivity index (χ2v) is 4.63. The number of esters is 1. The summed E-state index contributed by atoms with van der Waals surface area (Å²) in [5.41, 5.74) is 0.929. The molecule has 2 aromatic rings. The summed E-state index contributed by atoms with van der Waals surface area (Å²) < 4.78 is 4.43. The van der Waals surface area contributed by atoms with Crippen LogP contribution in [0, 0.1) is 0 Å². The number of aromatic amines is 1. The van der Waals surface area contributed by atoms with Gasteiger partial charge in [0.1, 0.15) is 11.8 Å². The van der Waals surface area contributed by atoms with Gasteiger partial charge < -0.3 is 25.0 Å². The van der Waals surface area contributed by atoms with E-state index in [2.05, 4.69) is 9.72 Å². The second kappa shape index (κ2) is 5.94. The minimum absolute atomic E-state index is 0.0340. The van der Waals surface area contributed by atoms with Crippen LogP contribution in [0.3, 0.4) is 0 Å². The van der Waals surface area contributed by atoms with Crippen molar-refractivity contribution in [2.45, 2.75) is 18.6 Å². The van der Waals surface area contributed by atoms with E-state index in [0.717, 1.165) is 0 Å². The van der Waals surface area contributed by atoms with E-state index in [1.54, 1.807) is 12.1 Å². The average Bonchev–Trinajstić information content (AvgIpc) is 2.89. The fourth-order valence-electron chi connectivity index (χ4n) is 2.03. The SMILES string of the molecule is COC(=O)CC(O)C(O)c1ccc2cc(C(=O)O)[nH]c2c1. The first-order valence-electron chi connectivity index (χ1n) is 6.21. The third kappa shape index (κ3) is 3.21. The summed E-state index contributed by atoms with van der Waals surface area (Å²) in [5, 5.41) is 29.4. The monoisotopic (exact) mass is 293 g/mol. The van der Waals surface area contributed by atoms with Gasteiger partial charge in [-0.3, -0.25) is 4.79 Å². The Kier molecular flexibility index (Phi) is 4.25. The molecule has 1 aromatic carbocycles. The number of carboxylic acids is 1. The van der Waals surface area contributed by atoms with Crippen molar-refractivity contribution in [3.8, 4) is 0 Å². The minimum Gasteiger partial charge on any atom is -0.477 e. The number of hydrogen-bond acceptors (Lipinski definition) is 5. The van der Waals surface area contributed by atoms with E-state index >= 15 is 0 Å². The fraction of sp³-hybridized carbons (Fsp3) is 0.286. The molecule has 0 amide bonds. The molecule has 0 spiro atoms. The molecule has 7 nitrogen and oxygen atoms in total. The number of rotatable bonds is 5. The molecule has 7 heteroatoms. The summed E-state index contributed by atoms with van der Waals surface area (Å²) in [6, 6.07) is 6.19. The van der Waals surface area contributed by atoms with Gasteiger partial charge in [-0.25, -0.2) is 4.79 Å². The van der Waals surface area contributed by atoms with Gasteiger partial charge in [-0.2, -0.15) is 0 Å². The summed E-state index contributed by atoms with van der Waals surface area (Å²) in [6.45, 7) is 0. The molecule has 1 aromatic heterocycles. The highest BCUT2D eigenvalue weighted by Gasteiger charge is 2.22. The average molecular weight is 293 g/mol. The Morgan fingerprint density at radius 1 is 1.29 bits per heavy atom. The van der Waals surface area contributed by atoms with Gasteiger partial charge in [-0.05, 0) is 17.7 Å². The van der Waals surface area contributed by atoms with E-state index in [-0.39, 0.29) is 12.1 Å². The normalized spacial score (nSPS) is 13.9. The number of aromatic carboxylic acids is 1. The van der Waals surface area contributed by atoms with Gasteiger partial charge in [0.05, 0.1) is 19.6 Å². The third-order valence-electron chi connectivity index (χ3n) is 3.19. The number of H-pyrrole nitrogens is 1. The van der Waals surface area contributed by atoms with Crippen molar-refractivity contribution in [2.75, 3.05) is 7.11 Å². The lowest BCUT2D eigenvalue weighted by atomic mass is 10.0. The first-order chi connectivity index (χ1) is 9.92. The number of carbonyl (C=O) groups excluding carboxylic acids is 1. The summed E-state index contributed by atoms with van der Waals surface area (Å²) in [5.74, 6) is -1.71. The topological polar surface area (TPSA) is 120 Å². The fourth-order valence-corrected chi connectivity index (χ4v) is 2.03. The summed E-state index contributed by atoms with van der Waals surface area (Å²) in [4.78, 5) is 24.7. The molecule has 0 saturated carbocycles. The van der Waals surface area contributed by atoms with Crippen molar-refractivity contribution in [2.24, 2.45) is 0 Å². The Morgan fingerprint density at radius 2 is 2.00 bits per heavy atom. The van der Waals surface area contributed by atoms with Gasteiger partial charge in [0.25, 0.3) is 0 Å². The Bertz CT molecular complexity index is 677. The highest BCUT2D eigenvalue weighted by molar-refractivity contribution is 5.93. The molecule has 0 aliphatic heterocycles. The second-order valence-electron chi connectivity index (χ2n) is 4.63. The molecule has 2 unspecified atom stereocenters. The molecule has 2 atom stereocenters. The maximum atomic E-state index is 11.1. The lowest BCUT2D eigenvalue weighted by Crippen LogP contribution is -2.22. The maximum Gasteiger partial charge on any atom is 0.352 e. The van der Waals surface area contributed by atoms with Crippen molar-refractivity contribution >= 4 is 22.8 Å². The number of nitrogens with one attached hydrogen (secondary N) is 1. The van der Waals surface area contributed by atoms with Crippen LogP contribution < -0.4 is 0 Å². The van der Waals surface area contributed by atoms with Crippen molar-refractivity contribution in [3.63, 3.8) is 0 Å². The first kappa shape index (κ1) is 15.0. The number of methoxy groups -OCH3 is 1. The van der Waals surface area contributed by atoms with Crippen LogP contribution in [0.5, 0.6) is 0 Å². The van der Waals surface area contributed by atoms with Crippen molar-refractivity contribution < 1.29 is 29.6 Å². The number of carboxylic acid groups (broad SMARTS) is 1. The lowest BCUT2D eigenvalue weighted by Gasteiger charge is -2.17. The molecule has 0 aliphatic rings. The lowest BCUT2D eigenvalue weighted by molar-refractivity contribution is -0.144. The number of aliphatic hydroxyl groups excluding tert-OH is 2. The molecule has 2 rings (SSSR count). The Labute approximate surface area is 119 Å². The first-order valence-corrected chi connectivity index (χ1v) is 6.21. The number of hydrogen-bond donors (Lipinski definition) is 4. The van der Waals surface area contributed by atoms with E-state index in [0.29, 0.717) is 16.5 Å². The molecule has 21 heavy (non-hydrogen) atoms. The Morgan fingerprint density at radius 3 is 2.62 bits per heavy atom. The number of aromatic nitrogens is 1. The minimum atomic E-state index is -1.30. The molecule has 4 N–H and O–H groups in total. The van der Waals surface area contributed by atoms with E-state index in [9.17, 15) is 19.8 Å². The maximum absolute atomic E-state index is 11.1.